The Morgan fingerprint density at radius 3 is 2.50 bits per heavy atom. The van der Waals surface area contributed by atoms with Gasteiger partial charge in [-0.1, -0.05) is 0 Å². The van der Waals surface area contributed by atoms with Crippen LogP contribution in [-0.2, 0) is 0 Å². The molecule has 0 spiro atoms. The Kier molecular flexibility index (Phi) is 5.64. The van der Waals surface area contributed by atoms with Gasteiger partial charge in [-0.2, -0.15) is 5.10 Å². The van der Waals surface area contributed by atoms with E-state index in [0.717, 1.165) is 11.1 Å². The minimum Gasteiger partial charge on any atom is -0.506 e. The van der Waals surface area contributed by atoms with Crippen molar-refractivity contribution in [3.05, 3.63) is 66.4 Å². The van der Waals surface area contributed by atoms with Crippen molar-refractivity contribution >= 4 is 60.2 Å². The average molecular weight is 498 g/mol. The van der Waals surface area contributed by atoms with Gasteiger partial charge in [-0.15, -0.1) is 11.3 Å². The smallest absolute Gasteiger partial charge is 0.269 e. The summed E-state index contributed by atoms with van der Waals surface area (Å²) in [5.74, 6) is 0.128. The van der Waals surface area contributed by atoms with Gasteiger partial charge < -0.3 is 5.11 Å². The first-order chi connectivity index (χ1) is 12.4. The van der Waals surface area contributed by atoms with Crippen molar-refractivity contribution in [2.45, 2.75) is 0 Å². The van der Waals surface area contributed by atoms with Gasteiger partial charge in [0.1, 0.15) is 5.75 Å². The van der Waals surface area contributed by atoms with Gasteiger partial charge >= 0.3 is 0 Å². The standard InChI is InChI=1S/C16H10Br2N4O3S/c17-12-5-9(6-13(18)15(12)23)7-19-21-16-20-14(8-26-16)10-1-3-11(4-2-10)22(24)25/h1-8,23H,(H,20,21)/b19-7-. The van der Waals surface area contributed by atoms with Crippen LogP contribution in [0.5, 0.6) is 5.75 Å². The molecule has 132 valence electrons. The van der Waals surface area contributed by atoms with Crippen molar-refractivity contribution in [2.24, 2.45) is 5.10 Å². The fourth-order valence-electron chi connectivity index (χ4n) is 2.03. The van der Waals surface area contributed by atoms with Crippen LogP contribution in [-0.4, -0.2) is 21.2 Å². The first-order valence-electron chi connectivity index (χ1n) is 7.11. The lowest BCUT2D eigenvalue weighted by Gasteiger charge is -2.01. The predicted molar refractivity (Wildman–Crippen MR) is 109 cm³/mol. The van der Waals surface area contributed by atoms with E-state index in [0.29, 0.717) is 19.8 Å². The molecule has 0 bridgehead atoms. The number of benzene rings is 2. The van der Waals surface area contributed by atoms with E-state index in [1.54, 1.807) is 30.5 Å². The van der Waals surface area contributed by atoms with Gasteiger partial charge in [0.2, 0.25) is 5.13 Å². The number of nitrogens with one attached hydrogen (secondary N) is 1. The second-order valence-electron chi connectivity index (χ2n) is 5.05. The van der Waals surface area contributed by atoms with Crippen LogP contribution in [0.4, 0.5) is 10.8 Å². The quantitative estimate of drug-likeness (QED) is 0.279. The number of nitro benzene ring substituents is 1. The van der Waals surface area contributed by atoms with Crippen molar-refractivity contribution < 1.29 is 10.0 Å². The number of anilines is 1. The Bertz CT molecular complexity index is 966. The van der Waals surface area contributed by atoms with Crippen molar-refractivity contribution in [1.29, 1.82) is 0 Å². The first kappa shape index (κ1) is 18.5. The monoisotopic (exact) mass is 496 g/mol. The van der Waals surface area contributed by atoms with E-state index in [4.69, 9.17) is 0 Å². The van der Waals surface area contributed by atoms with Gasteiger partial charge in [0.15, 0.2) is 0 Å². The number of hydrazone groups is 1. The van der Waals surface area contributed by atoms with Crippen molar-refractivity contribution in [3.63, 3.8) is 0 Å². The van der Waals surface area contributed by atoms with Crippen LogP contribution in [0.15, 0.2) is 55.8 Å². The van der Waals surface area contributed by atoms with E-state index in [-0.39, 0.29) is 11.4 Å². The molecule has 0 saturated heterocycles. The third-order valence-electron chi connectivity index (χ3n) is 3.29. The summed E-state index contributed by atoms with van der Waals surface area (Å²) in [6, 6.07) is 9.67. The molecule has 2 aromatic carbocycles. The van der Waals surface area contributed by atoms with E-state index in [2.05, 4.69) is 47.4 Å². The molecule has 0 radical (unpaired) electrons. The fourth-order valence-corrected chi connectivity index (χ4v) is 3.92. The molecule has 0 amide bonds. The number of non-ortho nitro benzene ring substituents is 1. The van der Waals surface area contributed by atoms with Crippen LogP contribution < -0.4 is 5.43 Å². The van der Waals surface area contributed by atoms with Gasteiger partial charge in [-0.25, -0.2) is 4.98 Å². The molecule has 0 saturated carbocycles. The molecule has 3 aromatic rings. The number of phenols is 1. The second-order valence-corrected chi connectivity index (χ2v) is 7.61. The molecule has 0 aliphatic heterocycles. The Hall–Kier alpha value is -2.30. The van der Waals surface area contributed by atoms with Gasteiger partial charge in [0.25, 0.3) is 5.69 Å². The van der Waals surface area contributed by atoms with Gasteiger partial charge in [0.05, 0.1) is 25.8 Å². The minimum absolute atomic E-state index is 0.0400. The van der Waals surface area contributed by atoms with Crippen molar-refractivity contribution in [2.75, 3.05) is 5.43 Å². The third-order valence-corrected chi connectivity index (χ3v) is 5.25. The summed E-state index contributed by atoms with van der Waals surface area (Å²) in [7, 11) is 0. The lowest BCUT2D eigenvalue weighted by molar-refractivity contribution is -0.384. The summed E-state index contributed by atoms with van der Waals surface area (Å²) in [5, 5.41) is 26.9. The zero-order valence-electron chi connectivity index (χ0n) is 12.9. The highest BCUT2D eigenvalue weighted by Gasteiger charge is 2.08. The topological polar surface area (TPSA) is 101 Å². The van der Waals surface area contributed by atoms with E-state index in [1.165, 1.54) is 23.5 Å². The summed E-state index contributed by atoms with van der Waals surface area (Å²) < 4.78 is 1.12. The van der Waals surface area contributed by atoms with Gasteiger partial charge in [-0.3, -0.25) is 15.5 Å². The van der Waals surface area contributed by atoms with Crippen LogP contribution in [0.3, 0.4) is 0 Å². The molecule has 2 N–H and O–H groups in total. The van der Waals surface area contributed by atoms with Gasteiger partial charge in [0, 0.05) is 23.1 Å². The van der Waals surface area contributed by atoms with Crippen LogP contribution in [0.2, 0.25) is 0 Å². The Morgan fingerprint density at radius 2 is 1.88 bits per heavy atom. The number of hydrogen-bond donors (Lipinski definition) is 2. The number of hydrogen-bond acceptors (Lipinski definition) is 7. The fraction of sp³-hybridized carbons (Fsp3) is 0. The van der Waals surface area contributed by atoms with Crippen LogP contribution in [0.1, 0.15) is 5.56 Å². The number of aromatic hydroxyl groups is 1. The highest BCUT2D eigenvalue weighted by atomic mass is 79.9. The molecule has 26 heavy (non-hydrogen) atoms. The predicted octanol–water partition coefficient (Wildman–Crippen LogP) is 5.39. The van der Waals surface area contributed by atoms with Crippen molar-refractivity contribution in [3.8, 4) is 17.0 Å². The molecule has 3 rings (SSSR count). The Balaban J connectivity index is 1.69. The molecule has 0 aliphatic carbocycles. The molecule has 0 fully saturated rings. The third kappa shape index (κ3) is 4.26. The average Bonchev–Trinajstić information content (AvgIpc) is 3.08. The van der Waals surface area contributed by atoms with E-state index < -0.39 is 4.92 Å². The number of aromatic nitrogens is 1. The number of halogens is 2. The molecule has 0 aliphatic rings. The zero-order chi connectivity index (χ0) is 18.7. The van der Waals surface area contributed by atoms with E-state index >= 15 is 0 Å². The van der Waals surface area contributed by atoms with E-state index in [9.17, 15) is 15.2 Å². The molecular weight excluding hydrogens is 488 g/mol. The molecular formula is C16H10Br2N4O3S. The molecule has 0 unspecified atom stereocenters. The van der Waals surface area contributed by atoms with Crippen LogP contribution in [0, 0.1) is 10.1 Å². The zero-order valence-corrected chi connectivity index (χ0v) is 16.9. The highest BCUT2D eigenvalue weighted by Crippen LogP contribution is 2.33. The highest BCUT2D eigenvalue weighted by molar-refractivity contribution is 9.11. The summed E-state index contributed by atoms with van der Waals surface area (Å²) in [6.07, 6.45) is 1.60. The number of phenolic OH excluding ortho intramolecular Hbond substituents is 1. The van der Waals surface area contributed by atoms with E-state index in [1.807, 2.05) is 5.38 Å². The molecule has 7 nitrogen and oxygen atoms in total. The first-order valence-corrected chi connectivity index (χ1v) is 9.58. The maximum atomic E-state index is 10.7. The molecule has 0 atom stereocenters. The van der Waals surface area contributed by atoms with Crippen LogP contribution in [0.25, 0.3) is 11.3 Å². The SMILES string of the molecule is O=[N+]([O-])c1ccc(-c2csc(N/N=C\c3cc(Br)c(O)c(Br)c3)n2)cc1. The number of rotatable bonds is 5. The van der Waals surface area contributed by atoms with Crippen LogP contribution >= 0.6 is 43.2 Å². The largest absolute Gasteiger partial charge is 0.506 e. The van der Waals surface area contributed by atoms with Crippen molar-refractivity contribution in [1.82, 2.24) is 4.98 Å². The Morgan fingerprint density at radius 1 is 1.23 bits per heavy atom. The lowest BCUT2D eigenvalue weighted by atomic mass is 10.1. The van der Waals surface area contributed by atoms with Gasteiger partial charge in [-0.05, 0) is 61.7 Å². The molecule has 1 aromatic heterocycles. The normalized spacial score (nSPS) is 11.0. The number of thiazole rings is 1. The summed E-state index contributed by atoms with van der Waals surface area (Å²) in [4.78, 5) is 14.7. The number of nitro groups is 1. The minimum atomic E-state index is -0.438. The maximum Gasteiger partial charge on any atom is 0.269 e. The number of nitrogens with zero attached hydrogens (tertiary/aromatic N) is 3. The molecule has 1 heterocycles. The maximum absolute atomic E-state index is 10.7. The summed E-state index contributed by atoms with van der Waals surface area (Å²) >= 11 is 7.90. The second kappa shape index (κ2) is 7.94. The molecule has 10 heteroatoms. The Labute approximate surface area is 168 Å². The summed E-state index contributed by atoms with van der Waals surface area (Å²) in [6.45, 7) is 0. The lowest BCUT2D eigenvalue weighted by Crippen LogP contribution is -1.91. The summed E-state index contributed by atoms with van der Waals surface area (Å²) in [5.41, 5.74) is 5.15.